The van der Waals surface area contributed by atoms with Gasteiger partial charge in [-0.15, -0.1) is 0 Å². The van der Waals surface area contributed by atoms with E-state index in [1.807, 2.05) is 0 Å². The molecule has 72 valence electrons. The molecule has 1 amide bonds. The zero-order valence-electron chi connectivity index (χ0n) is 7.94. The number of amides is 1. The predicted octanol–water partition coefficient (Wildman–Crippen LogP) is 0.0626. The largest absolute Gasteiger partial charge is 0.343 e. The van der Waals surface area contributed by atoms with Gasteiger partial charge in [-0.05, 0) is 6.92 Å². The van der Waals surface area contributed by atoms with Gasteiger partial charge in [0, 0.05) is 32.2 Å². The number of hydrogen-bond donors (Lipinski definition) is 0. The first-order valence-corrected chi connectivity index (χ1v) is 4.58. The standard InChI is InChI=1S/C9H15N3O/c1-9(2-3-10)12-6-4-11(8-13)5-7-12/h8-9H,2,4-7H2,1H3. The lowest BCUT2D eigenvalue weighted by Gasteiger charge is -2.35. The molecule has 1 atom stereocenters. The highest BCUT2D eigenvalue weighted by Crippen LogP contribution is 2.06. The summed E-state index contributed by atoms with van der Waals surface area (Å²) in [7, 11) is 0. The average molecular weight is 181 g/mol. The highest BCUT2D eigenvalue weighted by molar-refractivity contribution is 5.47. The molecule has 0 spiro atoms. The first-order valence-electron chi connectivity index (χ1n) is 4.58. The smallest absolute Gasteiger partial charge is 0.209 e. The van der Waals surface area contributed by atoms with Crippen LogP contribution >= 0.6 is 0 Å². The van der Waals surface area contributed by atoms with Crippen molar-refractivity contribution in [3.8, 4) is 6.07 Å². The minimum Gasteiger partial charge on any atom is -0.343 e. The van der Waals surface area contributed by atoms with Crippen LogP contribution in [0.2, 0.25) is 0 Å². The summed E-state index contributed by atoms with van der Waals surface area (Å²) in [6.07, 6.45) is 1.47. The molecule has 1 unspecified atom stereocenters. The maximum absolute atomic E-state index is 10.4. The van der Waals surface area contributed by atoms with Gasteiger partial charge in [-0.25, -0.2) is 0 Å². The van der Waals surface area contributed by atoms with Crippen molar-refractivity contribution in [1.82, 2.24) is 9.80 Å². The molecule has 0 aromatic carbocycles. The summed E-state index contributed by atoms with van der Waals surface area (Å²) in [5, 5.41) is 8.52. The fourth-order valence-electron chi connectivity index (χ4n) is 1.54. The van der Waals surface area contributed by atoms with Crippen LogP contribution in [0.25, 0.3) is 0 Å². The van der Waals surface area contributed by atoms with Crippen LogP contribution in [0.5, 0.6) is 0 Å². The summed E-state index contributed by atoms with van der Waals surface area (Å²) >= 11 is 0. The van der Waals surface area contributed by atoms with Crippen LogP contribution in [-0.4, -0.2) is 48.4 Å². The number of piperazine rings is 1. The molecule has 0 radical (unpaired) electrons. The Morgan fingerprint density at radius 2 is 2.08 bits per heavy atom. The summed E-state index contributed by atoms with van der Waals surface area (Å²) in [6, 6.07) is 2.48. The fraction of sp³-hybridized carbons (Fsp3) is 0.778. The van der Waals surface area contributed by atoms with E-state index in [4.69, 9.17) is 5.26 Å². The lowest BCUT2D eigenvalue weighted by molar-refractivity contribution is -0.120. The highest BCUT2D eigenvalue weighted by atomic mass is 16.1. The Kier molecular flexibility index (Phi) is 3.71. The molecule has 0 aliphatic carbocycles. The summed E-state index contributed by atoms with van der Waals surface area (Å²) in [6.45, 7) is 5.42. The molecule has 1 rings (SSSR count). The van der Waals surface area contributed by atoms with Crippen molar-refractivity contribution in [3.63, 3.8) is 0 Å². The van der Waals surface area contributed by atoms with E-state index >= 15 is 0 Å². The minimum atomic E-state index is 0.318. The van der Waals surface area contributed by atoms with Crippen LogP contribution in [0.1, 0.15) is 13.3 Å². The van der Waals surface area contributed by atoms with Crippen molar-refractivity contribution < 1.29 is 4.79 Å². The number of nitriles is 1. The first-order chi connectivity index (χ1) is 6.27. The van der Waals surface area contributed by atoms with Crippen molar-refractivity contribution in [2.24, 2.45) is 0 Å². The van der Waals surface area contributed by atoms with Crippen LogP contribution in [0.15, 0.2) is 0 Å². The SMILES string of the molecule is CC(CC#N)N1CCN(C=O)CC1. The third-order valence-electron chi connectivity index (χ3n) is 2.51. The van der Waals surface area contributed by atoms with Crippen LogP contribution in [0.4, 0.5) is 0 Å². The normalized spacial score (nSPS) is 20.8. The molecule has 0 aromatic rings. The second kappa shape index (κ2) is 4.83. The summed E-state index contributed by atoms with van der Waals surface area (Å²) in [5.74, 6) is 0. The van der Waals surface area contributed by atoms with E-state index in [1.165, 1.54) is 0 Å². The van der Waals surface area contributed by atoms with Crippen LogP contribution in [-0.2, 0) is 4.79 Å². The van der Waals surface area contributed by atoms with E-state index in [0.717, 1.165) is 32.6 Å². The van der Waals surface area contributed by atoms with E-state index in [0.29, 0.717) is 12.5 Å². The molecule has 1 heterocycles. The molecular weight excluding hydrogens is 166 g/mol. The van der Waals surface area contributed by atoms with Crippen LogP contribution < -0.4 is 0 Å². The van der Waals surface area contributed by atoms with Crippen molar-refractivity contribution in [1.29, 1.82) is 5.26 Å². The molecule has 13 heavy (non-hydrogen) atoms. The van der Waals surface area contributed by atoms with Gasteiger partial charge in [0.1, 0.15) is 0 Å². The quantitative estimate of drug-likeness (QED) is 0.578. The Labute approximate surface area is 78.7 Å². The molecule has 4 heteroatoms. The van der Waals surface area contributed by atoms with E-state index in [9.17, 15) is 4.79 Å². The first kappa shape index (κ1) is 10.0. The van der Waals surface area contributed by atoms with Gasteiger partial charge in [0.25, 0.3) is 0 Å². The van der Waals surface area contributed by atoms with Gasteiger partial charge in [0.15, 0.2) is 0 Å². The van der Waals surface area contributed by atoms with Crippen LogP contribution in [0.3, 0.4) is 0 Å². The maximum Gasteiger partial charge on any atom is 0.209 e. The molecule has 4 nitrogen and oxygen atoms in total. The van der Waals surface area contributed by atoms with Gasteiger partial charge in [-0.1, -0.05) is 0 Å². The average Bonchev–Trinajstić information content (AvgIpc) is 2.18. The van der Waals surface area contributed by atoms with Gasteiger partial charge in [-0.3, -0.25) is 9.69 Å². The van der Waals surface area contributed by atoms with Crippen molar-refractivity contribution in [3.05, 3.63) is 0 Å². The monoisotopic (exact) mass is 181 g/mol. The second-order valence-corrected chi connectivity index (χ2v) is 3.39. The Bertz CT molecular complexity index is 203. The molecular formula is C9H15N3O. The third kappa shape index (κ3) is 2.71. The number of rotatable bonds is 3. The van der Waals surface area contributed by atoms with Gasteiger partial charge in [-0.2, -0.15) is 5.26 Å². The fourth-order valence-corrected chi connectivity index (χ4v) is 1.54. The zero-order chi connectivity index (χ0) is 9.68. The molecule has 1 aliphatic heterocycles. The van der Waals surface area contributed by atoms with E-state index in [2.05, 4.69) is 17.9 Å². The Morgan fingerprint density at radius 3 is 2.54 bits per heavy atom. The molecule has 0 N–H and O–H groups in total. The Balaban J connectivity index is 2.32. The lowest BCUT2D eigenvalue weighted by atomic mass is 10.2. The van der Waals surface area contributed by atoms with Gasteiger partial charge in [0.2, 0.25) is 6.41 Å². The number of carbonyl (C=O) groups is 1. The minimum absolute atomic E-state index is 0.318. The Hall–Kier alpha value is -1.08. The highest BCUT2D eigenvalue weighted by Gasteiger charge is 2.19. The van der Waals surface area contributed by atoms with Gasteiger partial charge < -0.3 is 4.90 Å². The Morgan fingerprint density at radius 1 is 1.46 bits per heavy atom. The molecule has 1 saturated heterocycles. The third-order valence-corrected chi connectivity index (χ3v) is 2.51. The summed E-state index contributed by atoms with van der Waals surface area (Å²) in [4.78, 5) is 14.4. The molecule has 0 bridgehead atoms. The number of hydrogen-bond acceptors (Lipinski definition) is 3. The second-order valence-electron chi connectivity index (χ2n) is 3.39. The molecule has 0 aromatic heterocycles. The number of carbonyl (C=O) groups excluding carboxylic acids is 1. The predicted molar refractivity (Wildman–Crippen MR) is 48.9 cm³/mol. The molecule has 1 aliphatic rings. The summed E-state index contributed by atoms with van der Waals surface area (Å²) < 4.78 is 0. The number of nitrogens with zero attached hydrogens (tertiary/aromatic N) is 3. The topological polar surface area (TPSA) is 47.3 Å². The maximum atomic E-state index is 10.4. The van der Waals surface area contributed by atoms with Crippen molar-refractivity contribution in [2.45, 2.75) is 19.4 Å². The van der Waals surface area contributed by atoms with Crippen molar-refractivity contribution >= 4 is 6.41 Å². The van der Waals surface area contributed by atoms with E-state index in [1.54, 1.807) is 4.90 Å². The lowest BCUT2D eigenvalue weighted by Crippen LogP contribution is -2.48. The van der Waals surface area contributed by atoms with Crippen molar-refractivity contribution in [2.75, 3.05) is 26.2 Å². The van der Waals surface area contributed by atoms with Gasteiger partial charge in [0.05, 0.1) is 12.5 Å². The van der Waals surface area contributed by atoms with E-state index < -0.39 is 0 Å². The molecule has 1 fully saturated rings. The molecule has 0 saturated carbocycles. The van der Waals surface area contributed by atoms with Gasteiger partial charge >= 0.3 is 0 Å². The summed E-state index contributed by atoms with van der Waals surface area (Å²) in [5.41, 5.74) is 0. The zero-order valence-corrected chi connectivity index (χ0v) is 7.94. The van der Waals surface area contributed by atoms with Crippen LogP contribution in [0, 0.1) is 11.3 Å². The van der Waals surface area contributed by atoms with E-state index in [-0.39, 0.29) is 0 Å².